The van der Waals surface area contributed by atoms with E-state index in [1.807, 2.05) is 19.1 Å². The molecule has 6 nitrogen and oxygen atoms in total. The van der Waals surface area contributed by atoms with Crippen LogP contribution in [0, 0.1) is 0 Å². The lowest BCUT2D eigenvalue weighted by Gasteiger charge is -2.24. The average Bonchev–Trinajstić information content (AvgIpc) is 2.54. The molecule has 0 radical (unpaired) electrons. The Hall–Kier alpha value is -1.50. The zero-order valence-corrected chi connectivity index (χ0v) is 13.4. The normalized spacial score (nSPS) is 13.6. The van der Waals surface area contributed by atoms with Crippen LogP contribution in [0.4, 0.5) is 0 Å². The topological polar surface area (TPSA) is 75.0 Å². The van der Waals surface area contributed by atoms with Crippen molar-refractivity contribution in [3.63, 3.8) is 0 Å². The molecule has 0 aliphatic carbocycles. The molecule has 0 aliphatic rings. The van der Waals surface area contributed by atoms with Gasteiger partial charge in [0, 0.05) is 32.3 Å². The van der Waals surface area contributed by atoms with Crippen LogP contribution in [-0.4, -0.2) is 47.6 Å². The minimum Gasteiger partial charge on any atom is -0.496 e. The molecule has 0 bridgehead atoms. The highest BCUT2D eigenvalue weighted by Gasteiger charge is 2.21. The van der Waals surface area contributed by atoms with Gasteiger partial charge in [0.25, 0.3) is 0 Å². The van der Waals surface area contributed by atoms with E-state index in [1.165, 1.54) is 0 Å². The Kier molecular flexibility index (Phi) is 7.28. The van der Waals surface area contributed by atoms with Crippen LogP contribution in [0.5, 0.6) is 17.2 Å². The maximum absolute atomic E-state index is 5.90. The number of methoxy groups -OCH3 is 4. The third-order valence-corrected chi connectivity index (χ3v) is 3.39. The fourth-order valence-electron chi connectivity index (χ4n) is 2.07. The number of hydrogen-bond acceptors (Lipinski definition) is 6. The molecule has 3 N–H and O–H groups in total. The summed E-state index contributed by atoms with van der Waals surface area (Å²) in [6.45, 7) is 3.08. The molecule has 1 rings (SSSR count). The molecule has 2 unspecified atom stereocenters. The van der Waals surface area contributed by atoms with Crippen LogP contribution in [0.15, 0.2) is 12.1 Å². The summed E-state index contributed by atoms with van der Waals surface area (Å²) < 4.78 is 21.4. The Morgan fingerprint density at radius 2 is 1.62 bits per heavy atom. The molecule has 0 saturated carbocycles. The van der Waals surface area contributed by atoms with E-state index in [0.717, 1.165) is 5.56 Å². The van der Waals surface area contributed by atoms with Crippen LogP contribution in [-0.2, 0) is 4.74 Å². The van der Waals surface area contributed by atoms with Gasteiger partial charge >= 0.3 is 0 Å². The Balaban J connectivity index is 3.11. The molecule has 0 saturated heterocycles. The van der Waals surface area contributed by atoms with E-state index in [4.69, 9.17) is 24.7 Å². The molecule has 2 atom stereocenters. The molecule has 0 amide bonds. The molecule has 0 aliphatic heterocycles. The van der Waals surface area contributed by atoms with Crippen molar-refractivity contribution in [2.45, 2.75) is 19.1 Å². The zero-order chi connectivity index (χ0) is 15.8. The Morgan fingerprint density at radius 3 is 2.00 bits per heavy atom. The van der Waals surface area contributed by atoms with Crippen molar-refractivity contribution in [3.05, 3.63) is 17.7 Å². The number of benzene rings is 1. The van der Waals surface area contributed by atoms with Gasteiger partial charge in [-0.15, -0.1) is 0 Å². The molecule has 0 heterocycles. The smallest absolute Gasteiger partial charge is 0.131 e. The highest BCUT2D eigenvalue weighted by atomic mass is 16.5. The van der Waals surface area contributed by atoms with Crippen molar-refractivity contribution < 1.29 is 18.9 Å². The monoisotopic (exact) mass is 298 g/mol. The predicted octanol–water partition coefficient (Wildman–Crippen LogP) is 1.34. The quantitative estimate of drug-likeness (QED) is 0.716. The number of rotatable bonds is 9. The first-order valence-electron chi connectivity index (χ1n) is 6.87. The number of ether oxygens (including phenoxy) is 4. The molecular weight excluding hydrogens is 272 g/mol. The molecule has 1 aromatic rings. The van der Waals surface area contributed by atoms with Crippen molar-refractivity contribution in [2.24, 2.45) is 5.73 Å². The lowest BCUT2D eigenvalue weighted by Crippen LogP contribution is -2.34. The third-order valence-electron chi connectivity index (χ3n) is 3.39. The summed E-state index contributed by atoms with van der Waals surface area (Å²) in [5.41, 5.74) is 6.79. The molecule has 120 valence electrons. The van der Waals surface area contributed by atoms with Crippen LogP contribution in [0.1, 0.15) is 18.5 Å². The van der Waals surface area contributed by atoms with Gasteiger partial charge in [0.1, 0.15) is 17.2 Å². The second-order valence-electron chi connectivity index (χ2n) is 4.69. The van der Waals surface area contributed by atoms with Crippen molar-refractivity contribution in [1.29, 1.82) is 0 Å². The van der Waals surface area contributed by atoms with Crippen LogP contribution in [0.3, 0.4) is 0 Å². The molecule has 6 heteroatoms. The first-order chi connectivity index (χ1) is 10.1. The highest BCUT2D eigenvalue weighted by Crippen LogP contribution is 2.37. The molecule has 0 spiro atoms. The van der Waals surface area contributed by atoms with Gasteiger partial charge < -0.3 is 30.0 Å². The summed E-state index contributed by atoms with van der Waals surface area (Å²) in [6.07, 6.45) is 0.0919. The van der Waals surface area contributed by atoms with Crippen LogP contribution in [0.2, 0.25) is 0 Å². The van der Waals surface area contributed by atoms with E-state index in [1.54, 1.807) is 28.4 Å². The highest BCUT2D eigenvalue weighted by molar-refractivity contribution is 5.52. The van der Waals surface area contributed by atoms with Gasteiger partial charge in [0.05, 0.1) is 39.0 Å². The van der Waals surface area contributed by atoms with E-state index in [0.29, 0.717) is 30.3 Å². The van der Waals surface area contributed by atoms with Gasteiger partial charge in [0.15, 0.2) is 0 Å². The van der Waals surface area contributed by atoms with E-state index in [2.05, 4.69) is 5.32 Å². The van der Waals surface area contributed by atoms with Crippen LogP contribution >= 0.6 is 0 Å². The van der Waals surface area contributed by atoms with Crippen molar-refractivity contribution in [1.82, 2.24) is 5.32 Å². The van der Waals surface area contributed by atoms with Gasteiger partial charge in [-0.05, 0) is 6.92 Å². The summed E-state index contributed by atoms with van der Waals surface area (Å²) in [6, 6.07) is 3.54. The minimum atomic E-state index is -0.0987. The number of hydrogen-bond donors (Lipinski definition) is 2. The van der Waals surface area contributed by atoms with Crippen molar-refractivity contribution >= 4 is 0 Å². The first kappa shape index (κ1) is 17.6. The van der Waals surface area contributed by atoms with E-state index < -0.39 is 0 Å². The van der Waals surface area contributed by atoms with Crippen molar-refractivity contribution in [2.75, 3.05) is 41.5 Å². The lowest BCUT2D eigenvalue weighted by atomic mass is 10.0. The predicted molar refractivity (Wildman–Crippen MR) is 82.4 cm³/mol. The molecule has 1 aromatic carbocycles. The Morgan fingerprint density at radius 1 is 1.05 bits per heavy atom. The molecule has 21 heavy (non-hydrogen) atoms. The summed E-state index contributed by atoms with van der Waals surface area (Å²) in [5.74, 6) is 2.03. The minimum absolute atomic E-state index is 0.0919. The fraction of sp³-hybridized carbons (Fsp3) is 0.600. The Bertz CT molecular complexity index is 415. The maximum atomic E-state index is 5.90. The maximum Gasteiger partial charge on any atom is 0.131 e. The standard InChI is InChI=1S/C15H26N2O4/c1-10(18-2)9-17-12(8-16)15-13(20-4)6-11(19-3)7-14(15)21-5/h6-7,10,12,17H,8-9,16H2,1-5H3. The van der Waals surface area contributed by atoms with Crippen LogP contribution in [0.25, 0.3) is 0 Å². The second kappa shape index (κ2) is 8.71. The van der Waals surface area contributed by atoms with Gasteiger partial charge in [-0.2, -0.15) is 0 Å². The summed E-state index contributed by atoms with van der Waals surface area (Å²) in [7, 11) is 6.51. The number of nitrogens with two attached hydrogens (primary N) is 1. The lowest BCUT2D eigenvalue weighted by molar-refractivity contribution is 0.114. The molecule has 0 aromatic heterocycles. The van der Waals surface area contributed by atoms with Gasteiger partial charge in [-0.25, -0.2) is 0 Å². The summed E-state index contributed by atoms with van der Waals surface area (Å²) >= 11 is 0. The first-order valence-corrected chi connectivity index (χ1v) is 6.87. The Labute approximate surface area is 126 Å². The molecule has 0 fully saturated rings. The van der Waals surface area contributed by atoms with Gasteiger partial charge in [-0.1, -0.05) is 0 Å². The average molecular weight is 298 g/mol. The van der Waals surface area contributed by atoms with E-state index in [-0.39, 0.29) is 12.1 Å². The van der Waals surface area contributed by atoms with Gasteiger partial charge in [0.2, 0.25) is 0 Å². The van der Waals surface area contributed by atoms with Crippen molar-refractivity contribution in [3.8, 4) is 17.2 Å². The zero-order valence-electron chi connectivity index (χ0n) is 13.4. The van der Waals surface area contributed by atoms with E-state index in [9.17, 15) is 0 Å². The van der Waals surface area contributed by atoms with Crippen LogP contribution < -0.4 is 25.3 Å². The third kappa shape index (κ3) is 4.49. The molecular formula is C15H26N2O4. The SMILES string of the molecule is COc1cc(OC)c(C(CN)NCC(C)OC)c(OC)c1. The largest absolute Gasteiger partial charge is 0.496 e. The van der Waals surface area contributed by atoms with E-state index >= 15 is 0 Å². The second-order valence-corrected chi connectivity index (χ2v) is 4.69. The summed E-state index contributed by atoms with van der Waals surface area (Å²) in [5, 5.41) is 3.37. The fourth-order valence-corrected chi connectivity index (χ4v) is 2.07. The van der Waals surface area contributed by atoms with Gasteiger partial charge in [-0.3, -0.25) is 0 Å². The number of nitrogens with one attached hydrogen (secondary N) is 1. The summed E-state index contributed by atoms with van der Waals surface area (Å²) in [4.78, 5) is 0.